The van der Waals surface area contributed by atoms with Gasteiger partial charge in [-0.25, -0.2) is 0 Å². The second kappa shape index (κ2) is 4.91. The number of anilines is 1. The van der Waals surface area contributed by atoms with Crippen molar-refractivity contribution < 1.29 is 9.59 Å². The maximum absolute atomic E-state index is 13.1. The fourth-order valence-corrected chi connectivity index (χ4v) is 6.15. The summed E-state index contributed by atoms with van der Waals surface area (Å²) in [5.74, 6) is 0.0897. The van der Waals surface area contributed by atoms with Gasteiger partial charge in [0.25, 0.3) is 0 Å². The zero-order valence-electron chi connectivity index (χ0n) is 12.9. The average Bonchev–Trinajstić information content (AvgIpc) is 2.74. The van der Waals surface area contributed by atoms with Crippen LogP contribution in [0.3, 0.4) is 0 Å². The van der Waals surface area contributed by atoms with E-state index >= 15 is 0 Å². The third-order valence-electron chi connectivity index (χ3n) is 6.25. The number of rotatable bonds is 2. The maximum Gasteiger partial charge on any atom is 0.232 e. The number of alkyl halides is 1. The lowest BCUT2D eigenvalue weighted by molar-refractivity contribution is -0.130. The van der Waals surface area contributed by atoms with Crippen molar-refractivity contribution in [1.82, 2.24) is 0 Å². The van der Waals surface area contributed by atoms with Crippen LogP contribution in [0.25, 0.3) is 0 Å². The molecule has 3 atom stereocenters. The summed E-state index contributed by atoms with van der Waals surface area (Å²) in [6.45, 7) is 6.11. The van der Waals surface area contributed by atoms with Gasteiger partial charge in [0.2, 0.25) is 5.91 Å². The van der Waals surface area contributed by atoms with Crippen molar-refractivity contribution in [2.45, 2.75) is 38.4 Å². The molecule has 0 aliphatic heterocycles. The van der Waals surface area contributed by atoms with Crippen LogP contribution in [0.2, 0.25) is 0 Å². The summed E-state index contributed by atoms with van der Waals surface area (Å²) < 4.78 is 0.841. The predicted molar refractivity (Wildman–Crippen MR) is 94.0 cm³/mol. The van der Waals surface area contributed by atoms with E-state index in [4.69, 9.17) is 0 Å². The number of para-hydroxylation sites is 1. The van der Waals surface area contributed by atoms with Crippen LogP contribution in [-0.4, -0.2) is 16.5 Å². The summed E-state index contributed by atoms with van der Waals surface area (Å²) in [4.78, 5) is 25.4. The van der Waals surface area contributed by atoms with Crippen molar-refractivity contribution >= 4 is 49.2 Å². The van der Waals surface area contributed by atoms with E-state index in [0.717, 1.165) is 23.0 Å². The molecule has 2 bridgehead atoms. The van der Waals surface area contributed by atoms with Gasteiger partial charge in [0.05, 0.1) is 15.9 Å². The zero-order chi connectivity index (χ0) is 16.3. The molecule has 0 spiro atoms. The molecule has 1 aromatic carbocycles. The van der Waals surface area contributed by atoms with Crippen molar-refractivity contribution in [3.8, 4) is 0 Å². The van der Waals surface area contributed by atoms with Crippen LogP contribution in [0.15, 0.2) is 28.7 Å². The number of fused-ring (bicyclic) bond motifs is 2. The second-order valence-electron chi connectivity index (χ2n) is 7.09. The first-order valence-electron chi connectivity index (χ1n) is 7.43. The molecule has 0 unspecified atom stereocenters. The van der Waals surface area contributed by atoms with Crippen LogP contribution in [0.4, 0.5) is 5.69 Å². The minimum atomic E-state index is -0.700. The van der Waals surface area contributed by atoms with Gasteiger partial charge < -0.3 is 5.32 Å². The lowest BCUT2D eigenvalue weighted by atomic mass is 9.64. The lowest BCUT2D eigenvalue weighted by Crippen LogP contribution is -2.48. The monoisotopic (exact) mass is 427 g/mol. The number of Topliss-reactive ketones (excluding diaryl/α,β-unsaturated/α-hetero) is 1. The highest BCUT2D eigenvalue weighted by Crippen LogP contribution is 2.72. The van der Waals surface area contributed by atoms with E-state index in [1.54, 1.807) is 0 Å². The summed E-state index contributed by atoms with van der Waals surface area (Å²) in [6, 6.07) is 7.54. The Kier molecular flexibility index (Phi) is 3.61. The molecular weight excluding hydrogens is 410 g/mol. The Hall–Kier alpha value is -0.680. The van der Waals surface area contributed by atoms with Gasteiger partial charge in [-0.15, -0.1) is 0 Å². The first kappa shape index (κ1) is 16.2. The molecule has 0 aromatic heterocycles. The van der Waals surface area contributed by atoms with Gasteiger partial charge in [0, 0.05) is 9.89 Å². The first-order chi connectivity index (χ1) is 10.2. The third kappa shape index (κ3) is 1.72. The molecular formula is C17H19Br2NO2. The highest BCUT2D eigenvalue weighted by Gasteiger charge is 2.76. The molecule has 118 valence electrons. The SMILES string of the molecule is CC1(C)[C@]2(C)CC[C@@]1(C(=O)Nc1ccccc1Br)[C@H](Br)C2=O. The van der Waals surface area contributed by atoms with Crippen LogP contribution < -0.4 is 5.32 Å². The molecule has 0 radical (unpaired) electrons. The number of ketones is 1. The number of hydrogen-bond donors (Lipinski definition) is 1. The van der Waals surface area contributed by atoms with E-state index in [2.05, 4.69) is 51.0 Å². The molecule has 3 rings (SSSR count). The van der Waals surface area contributed by atoms with Crippen LogP contribution in [-0.2, 0) is 9.59 Å². The van der Waals surface area contributed by atoms with Crippen molar-refractivity contribution in [2.75, 3.05) is 5.32 Å². The number of carbonyl (C=O) groups excluding carboxylic acids is 2. The Morgan fingerprint density at radius 1 is 1.23 bits per heavy atom. The summed E-state index contributed by atoms with van der Waals surface area (Å²) in [5, 5.41) is 3.03. The Morgan fingerprint density at radius 3 is 2.41 bits per heavy atom. The minimum absolute atomic E-state index is 0.0687. The van der Waals surface area contributed by atoms with E-state index in [1.165, 1.54) is 0 Å². The number of nitrogens with one attached hydrogen (secondary N) is 1. The van der Waals surface area contributed by atoms with Crippen molar-refractivity contribution in [1.29, 1.82) is 0 Å². The first-order valence-corrected chi connectivity index (χ1v) is 9.14. The fourth-order valence-electron chi connectivity index (χ4n) is 4.25. The molecule has 2 fully saturated rings. The van der Waals surface area contributed by atoms with E-state index in [9.17, 15) is 9.59 Å². The molecule has 2 saturated carbocycles. The van der Waals surface area contributed by atoms with Crippen LogP contribution in [0.5, 0.6) is 0 Å². The van der Waals surface area contributed by atoms with Gasteiger partial charge in [0.15, 0.2) is 5.78 Å². The smallest absolute Gasteiger partial charge is 0.232 e. The molecule has 0 heterocycles. The fraction of sp³-hybridized carbons (Fsp3) is 0.529. The van der Waals surface area contributed by atoms with Gasteiger partial charge in [-0.3, -0.25) is 9.59 Å². The van der Waals surface area contributed by atoms with Crippen molar-refractivity contribution in [2.24, 2.45) is 16.2 Å². The summed E-state index contributed by atoms with van der Waals surface area (Å²) >= 11 is 7.00. The number of carbonyl (C=O) groups is 2. The van der Waals surface area contributed by atoms with Gasteiger partial charge in [-0.05, 0) is 46.3 Å². The van der Waals surface area contributed by atoms with E-state index in [1.807, 2.05) is 31.2 Å². The third-order valence-corrected chi connectivity index (χ3v) is 8.14. The molecule has 1 aromatic rings. The maximum atomic E-state index is 13.1. The van der Waals surface area contributed by atoms with Gasteiger partial charge >= 0.3 is 0 Å². The number of halogens is 2. The summed E-state index contributed by atoms with van der Waals surface area (Å²) in [5.41, 5.74) is -0.776. The Morgan fingerprint density at radius 2 is 1.86 bits per heavy atom. The van der Waals surface area contributed by atoms with Gasteiger partial charge in [-0.1, -0.05) is 48.8 Å². The Labute approximate surface area is 147 Å². The van der Waals surface area contributed by atoms with Crippen LogP contribution >= 0.6 is 31.9 Å². The van der Waals surface area contributed by atoms with Crippen LogP contribution in [0.1, 0.15) is 33.6 Å². The molecule has 5 heteroatoms. The summed E-state index contributed by atoms with van der Waals surface area (Å²) in [6.07, 6.45) is 1.50. The quantitative estimate of drug-likeness (QED) is 0.702. The highest BCUT2D eigenvalue weighted by atomic mass is 79.9. The number of hydrogen-bond acceptors (Lipinski definition) is 2. The highest BCUT2D eigenvalue weighted by molar-refractivity contribution is 9.10. The Balaban J connectivity index is 2.02. The second-order valence-corrected chi connectivity index (χ2v) is 8.86. The van der Waals surface area contributed by atoms with Gasteiger partial charge in [0.1, 0.15) is 0 Å². The number of benzene rings is 1. The van der Waals surface area contributed by atoms with E-state index < -0.39 is 15.7 Å². The van der Waals surface area contributed by atoms with Gasteiger partial charge in [-0.2, -0.15) is 0 Å². The molecule has 1 amide bonds. The molecule has 2 aliphatic rings. The van der Waals surface area contributed by atoms with Crippen molar-refractivity contribution in [3.63, 3.8) is 0 Å². The molecule has 3 nitrogen and oxygen atoms in total. The normalized spacial score (nSPS) is 35.7. The van der Waals surface area contributed by atoms with E-state index in [-0.39, 0.29) is 17.1 Å². The lowest BCUT2D eigenvalue weighted by Gasteiger charge is -2.39. The minimum Gasteiger partial charge on any atom is -0.325 e. The predicted octanol–water partition coefficient (Wildman–Crippen LogP) is 4.55. The Bertz CT molecular complexity index is 672. The molecule has 0 saturated heterocycles. The molecule has 1 N–H and O–H groups in total. The zero-order valence-corrected chi connectivity index (χ0v) is 16.0. The molecule has 2 aliphatic carbocycles. The largest absolute Gasteiger partial charge is 0.325 e. The standard InChI is InChI=1S/C17H19Br2NO2/c1-15(2)16(3)8-9-17(15,12(19)13(16)21)14(22)20-11-7-5-4-6-10(11)18/h4-7,12H,8-9H2,1-3H3,(H,20,22)/t12-,16-,17+/m1/s1. The average molecular weight is 429 g/mol. The van der Waals surface area contributed by atoms with Crippen molar-refractivity contribution in [3.05, 3.63) is 28.7 Å². The summed E-state index contributed by atoms with van der Waals surface area (Å²) in [7, 11) is 0. The van der Waals surface area contributed by atoms with E-state index in [0.29, 0.717) is 0 Å². The topological polar surface area (TPSA) is 46.2 Å². The number of amides is 1. The molecule has 22 heavy (non-hydrogen) atoms. The van der Waals surface area contributed by atoms with Crippen LogP contribution in [0, 0.1) is 16.2 Å².